The summed E-state index contributed by atoms with van der Waals surface area (Å²) in [6.07, 6.45) is -0.421. The maximum atomic E-state index is 12.0. The molecule has 0 aliphatic carbocycles. The molecule has 0 fully saturated rings. The molecular weight excluding hydrogens is 294 g/mol. The van der Waals surface area contributed by atoms with Crippen LogP contribution in [0.3, 0.4) is 0 Å². The third kappa shape index (κ3) is 4.11. The molecule has 0 atom stereocenters. The summed E-state index contributed by atoms with van der Waals surface area (Å²) in [5.41, 5.74) is 5.52. The lowest BCUT2D eigenvalue weighted by Gasteiger charge is -2.27. The minimum absolute atomic E-state index is 0.187. The van der Waals surface area contributed by atoms with Crippen LogP contribution < -0.4 is 22.4 Å². The fourth-order valence-electron chi connectivity index (χ4n) is 1.44. The number of amides is 1. The first-order chi connectivity index (χ1) is 10.1. The summed E-state index contributed by atoms with van der Waals surface area (Å²) in [6, 6.07) is 0. The van der Waals surface area contributed by atoms with E-state index in [-0.39, 0.29) is 18.1 Å². The van der Waals surface area contributed by atoms with Gasteiger partial charge in [0.2, 0.25) is 0 Å². The number of H-pyrrole nitrogens is 1. The Hall–Kier alpha value is -2.78. The number of nitrogens with one attached hydrogen (secondary N) is 2. The van der Waals surface area contributed by atoms with Crippen molar-refractivity contribution in [1.29, 1.82) is 0 Å². The van der Waals surface area contributed by atoms with Crippen LogP contribution in [0.15, 0.2) is 9.59 Å². The van der Waals surface area contributed by atoms with Gasteiger partial charge in [0, 0.05) is 7.05 Å². The highest BCUT2D eigenvalue weighted by Gasteiger charge is 2.24. The molecule has 0 radical (unpaired) electrons. The summed E-state index contributed by atoms with van der Waals surface area (Å²) < 4.78 is 6.09. The monoisotopic (exact) mass is 313 g/mol. The average Bonchev–Trinajstić information content (AvgIpc) is 2.37. The maximum Gasteiger partial charge on any atom is 0.429 e. The topological polar surface area (TPSA) is 140 Å². The molecule has 0 aliphatic heterocycles. The molecule has 4 N–H and O–H groups in total. The lowest BCUT2D eigenvalue weighted by atomic mass is 10.2. The third-order valence-electron chi connectivity index (χ3n) is 2.49. The molecule has 1 heterocycles. The molecule has 0 aromatic carbocycles. The summed E-state index contributed by atoms with van der Waals surface area (Å²) in [7, 11) is 1.34. The number of aromatic amines is 1. The number of hydrogen-bond acceptors (Lipinski definition) is 7. The molecule has 0 saturated carbocycles. The van der Waals surface area contributed by atoms with Crippen molar-refractivity contribution in [3.8, 4) is 0 Å². The van der Waals surface area contributed by atoms with E-state index in [0.717, 1.165) is 9.58 Å². The Balaban J connectivity index is 3.15. The van der Waals surface area contributed by atoms with Crippen molar-refractivity contribution in [2.45, 2.75) is 26.4 Å². The molecule has 1 aromatic rings. The van der Waals surface area contributed by atoms with Crippen LogP contribution in [0.25, 0.3) is 0 Å². The first-order valence-corrected chi connectivity index (χ1v) is 6.36. The van der Waals surface area contributed by atoms with E-state index in [4.69, 9.17) is 10.5 Å². The van der Waals surface area contributed by atoms with Crippen LogP contribution in [0.2, 0.25) is 0 Å². The number of nitrogens with zero attached hydrogens (tertiary/aromatic N) is 2. The molecule has 1 amide bonds. The normalized spacial score (nSPS) is 10.9. The van der Waals surface area contributed by atoms with E-state index < -0.39 is 22.9 Å². The van der Waals surface area contributed by atoms with E-state index in [2.05, 4.69) is 5.43 Å². The van der Waals surface area contributed by atoms with Gasteiger partial charge in [0.25, 0.3) is 5.56 Å². The smallest absolute Gasteiger partial charge is 0.429 e. The summed E-state index contributed by atoms with van der Waals surface area (Å²) in [5, 5.41) is 0.781. The summed E-state index contributed by atoms with van der Waals surface area (Å²) in [5.74, 6) is -0.187. The highest BCUT2D eigenvalue weighted by atomic mass is 16.6. The third-order valence-corrected chi connectivity index (χ3v) is 2.49. The van der Waals surface area contributed by atoms with Gasteiger partial charge in [-0.15, -0.1) is 0 Å². The molecule has 0 unspecified atom stereocenters. The quantitative estimate of drug-likeness (QED) is 0.499. The first-order valence-electron chi connectivity index (χ1n) is 6.36. The Morgan fingerprint density at radius 3 is 2.55 bits per heavy atom. The van der Waals surface area contributed by atoms with Gasteiger partial charge >= 0.3 is 11.8 Å². The van der Waals surface area contributed by atoms with Crippen molar-refractivity contribution in [2.75, 3.05) is 17.7 Å². The maximum absolute atomic E-state index is 12.0. The lowest BCUT2D eigenvalue weighted by molar-refractivity contribution is -0.108. The van der Waals surface area contributed by atoms with E-state index in [0.29, 0.717) is 6.29 Å². The Kier molecular flexibility index (Phi) is 4.97. The molecule has 122 valence electrons. The Bertz CT molecular complexity index is 685. The zero-order valence-electron chi connectivity index (χ0n) is 12.8. The van der Waals surface area contributed by atoms with Gasteiger partial charge in [-0.3, -0.25) is 19.8 Å². The molecule has 0 saturated heterocycles. The molecule has 22 heavy (non-hydrogen) atoms. The molecule has 0 bridgehead atoms. The number of aromatic nitrogens is 2. The number of nitrogens with two attached hydrogens (primary N) is 1. The van der Waals surface area contributed by atoms with Crippen LogP contribution in [0.1, 0.15) is 20.8 Å². The number of ether oxygens (including phenoxy) is 1. The molecule has 0 aliphatic rings. The van der Waals surface area contributed by atoms with Crippen molar-refractivity contribution in [3.05, 3.63) is 20.8 Å². The number of aldehydes is 1. The first kappa shape index (κ1) is 17.3. The van der Waals surface area contributed by atoms with Crippen LogP contribution in [0.5, 0.6) is 0 Å². The number of hydrogen-bond donors (Lipinski definition) is 3. The van der Waals surface area contributed by atoms with Gasteiger partial charge in [0.05, 0.1) is 0 Å². The number of hydrazine groups is 1. The highest BCUT2D eigenvalue weighted by Crippen LogP contribution is 2.13. The van der Waals surface area contributed by atoms with Gasteiger partial charge in [0.15, 0.2) is 5.69 Å². The predicted molar refractivity (Wildman–Crippen MR) is 79.3 cm³/mol. The number of anilines is 2. The number of carbonyl (C=O) groups excluding carboxylic acids is 2. The van der Waals surface area contributed by atoms with Gasteiger partial charge in [-0.2, -0.15) is 0 Å². The van der Waals surface area contributed by atoms with E-state index >= 15 is 0 Å². The van der Waals surface area contributed by atoms with E-state index in [1.165, 1.54) is 7.05 Å². The standard InChI is InChI=1S/C12H19N5O5/c1-12(2,3)22-11(21)17(5-6-18)15-7-8(13)16(4)10(20)14-9(7)19/h6,15H,5,13H2,1-4H3,(H,14,19,20). The van der Waals surface area contributed by atoms with Gasteiger partial charge in [-0.25, -0.2) is 14.6 Å². The second-order valence-electron chi connectivity index (χ2n) is 5.45. The predicted octanol–water partition coefficient (Wildman–Crippen LogP) is -0.581. The average molecular weight is 313 g/mol. The SMILES string of the molecule is Cn1c(N)c(NN(CC=O)C(=O)OC(C)(C)C)c(=O)[nH]c1=O. The summed E-state index contributed by atoms with van der Waals surface area (Å²) in [4.78, 5) is 47.9. The van der Waals surface area contributed by atoms with Crippen LogP contribution in [0, 0.1) is 0 Å². The van der Waals surface area contributed by atoms with Crippen molar-refractivity contribution in [1.82, 2.24) is 14.6 Å². The van der Waals surface area contributed by atoms with Crippen molar-refractivity contribution >= 4 is 23.9 Å². The van der Waals surface area contributed by atoms with Gasteiger partial charge < -0.3 is 15.3 Å². The molecule has 10 heteroatoms. The molecular formula is C12H19N5O5. The zero-order chi connectivity index (χ0) is 17.1. The highest BCUT2D eigenvalue weighted by molar-refractivity contribution is 5.75. The van der Waals surface area contributed by atoms with Gasteiger partial charge in [0.1, 0.15) is 24.2 Å². The van der Waals surface area contributed by atoms with Gasteiger partial charge in [-0.1, -0.05) is 0 Å². The van der Waals surface area contributed by atoms with Crippen LogP contribution in [-0.2, 0) is 16.6 Å². The minimum Gasteiger partial charge on any atom is -0.442 e. The lowest BCUT2D eigenvalue weighted by Crippen LogP contribution is -2.44. The molecule has 0 spiro atoms. The molecule has 10 nitrogen and oxygen atoms in total. The van der Waals surface area contributed by atoms with Gasteiger partial charge in [-0.05, 0) is 20.8 Å². The Labute approximate surface area is 125 Å². The minimum atomic E-state index is -0.868. The van der Waals surface area contributed by atoms with E-state index in [9.17, 15) is 19.2 Å². The molecule has 1 rings (SSSR count). The largest absolute Gasteiger partial charge is 0.442 e. The van der Waals surface area contributed by atoms with Crippen LogP contribution >= 0.6 is 0 Å². The van der Waals surface area contributed by atoms with Crippen molar-refractivity contribution < 1.29 is 14.3 Å². The van der Waals surface area contributed by atoms with Crippen LogP contribution in [-0.4, -0.2) is 39.1 Å². The second-order valence-corrected chi connectivity index (χ2v) is 5.45. The zero-order valence-corrected chi connectivity index (χ0v) is 12.8. The number of nitrogen functional groups attached to an aromatic ring is 1. The number of rotatable bonds is 4. The number of carbonyl (C=O) groups is 2. The summed E-state index contributed by atoms with van der Waals surface area (Å²) >= 11 is 0. The van der Waals surface area contributed by atoms with Crippen molar-refractivity contribution in [3.63, 3.8) is 0 Å². The summed E-state index contributed by atoms with van der Waals surface area (Å²) in [6.45, 7) is 4.57. The van der Waals surface area contributed by atoms with Crippen LogP contribution in [0.4, 0.5) is 16.3 Å². The molecule has 1 aromatic heterocycles. The fraction of sp³-hybridized carbons (Fsp3) is 0.500. The van der Waals surface area contributed by atoms with E-state index in [1.807, 2.05) is 4.98 Å². The van der Waals surface area contributed by atoms with Crippen molar-refractivity contribution in [2.24, 2.45) is 7.05 Å². The fourth-order valence-corrected chi connectivity index (χ4v) is 1.44. The van der Waals surface area contributed by atoms with E-state index in [1.54, 1.807) is 20.8 Å². The second kappa shape index (κ2) is 6.33. The Morgan fingerprint density at radius 1 is 1.45 bits per heavy atom. The Morgan fingerprint density at radius 2 is 2.05 bits per heavy atom.